The second kappa shape index (κ2) is 6.08. The number of unbranched alkanes of at least 4 members (excludes halogenated alkanes) is 1. The number of hydrogen-bond acceptors (Lipinski definition) is 3. The fourth-order valence-electron chi connectivity index (χ4n) is 2.00. The number of carboxylic acid groups (broad SMARTS) is 1. The Labute approximate surface area is 91.2 Å². The van der Waals surface area contributed by atoms with Gasteiger partial charge >= 0.3 is 5.97 Å². The maximum Gasteiger partial charge on any atom is 0.320 e. The van der Waals surface area contributed by atoms with E-state index in [1.54, 1.807) is 0 Å². The van der Waals surface area contributed by atoms with Crippen molar-refractivity contribution < 1.29 is 14.6 Å². The topological polar surface area (TPSA) is 49.8 Å². The summed E-state index contributed by atoms with van der Waals surface area (Å²) in [5.74, 6) is -0.710. The predicted octanol–water partition coefficient (Wildman–Crippen LogP) is 1.35. The average molecular weight is 215 g/mol. The van der Waals surface area contributed by atoms with Gasteiger partial charge in [0.05, 0.1) is 6.61 Å². The molecule has 1 heterocycles. The Morgan fingerprint density at radius 1 is 1.67 bits per heavy atom. The zero-order chi connectivity index (χ0) is 11.3. The van der Waals surface area contributed by atoms with Crippen molar-refractivity contribution in [1.82, 2.24) is 4.90 Å². The fraction of sp³-hybridized carbons (Fsp3) is 0.909. The van der Waals surface area contributed by atoms with E-state index in [9.17, 15) is 4.79 Å². The molecule has 0 bridgehead atoms. The number of nitrogens with zero attached hydrogens (tertiary/aromatic N) is 1. The molecule has 0 aromatic heterocycles. The van der Waals surface area contributed by atoms with Crippen LogP contribution in [0.3, 0.4) is 0 Å². The number of carbonyl (C=O) groups is 1. The van der Waals surface area contributed by atoms with E-state index in [0.717, 1.165) is 32.3 Å². The maximum absolute atomic E-state index is 11.1. The van der Waals surface area contributed by atoms with Crippen molar-refractivity contribution in [3.63, 3.8) is 0 Å². The minimum atomic E-state index is -0.710. The lowest BCUT2D eigenvalue weighted by molar-refractivity contribution is -0.144. The highest BCUT2D eigenvalue weighted by molar-refractivity contribution is 5.73. The fourth-order valence-corrected chi connectivity index (χ4v) is 2.00. The van der Waals surface area contributed by atoms with Gasteiger partial charge in [0.15, 0.2) is 0 Å². The molecule has 88 valence electrons. The second-order valence-electron chi connectivity index (χ2n) is 4.18. The summed E-state index contributed by atoms with van der Waals surface area (Å²) < 4.78 is 5.28. The molecule has 0 aromatic rings. The van der Waals surface area contributed by atoms with Crippen molar-refractivity contribution in [2.45, 2.75) is 44.7 Å². The van der Waals surface area contributed by atoms with Gasteiger partial charge in [0.25, 0.3) is 0 Å². The highest BCUT2D eigenvalue weighted by atomic mass is 16.5. The summed E-state index contributed by atoms with van der Waals surface area (Å²) in [5, 5.41) is 9.15. The summed E-state index contributed by atoms with van der Waals surface area (Å²) in [5.41, 5.74) is 0. The normalized spacial score (nSPS) is 23.3. The standard InChI is InChI=1S/C11H21NO3/c1-3-4-5-10(11(13)14)12(2)9-6-7-15-8-9/h9-10H,3-8H2,1-2H3,(H,13,14). The first kappa shape index (κ1) is 12.5. The molecule has 4 nitrogen and oxygen atoms in total. The minimum absolute atomic E-state index is 0.281. The van der Waals surface area contributed by atoms with Crippen LogP contribution in [0, 0.1) is 0 Å². The van der Waals surface area contributed by atoms with Crippen LogP contribution in [-0.2, 0) is 9.53 Å². The third kappa shape index (κ3) is 3.47. The van der Waals surface area contributed by atoms with Crippen molar-refractivity contribution in [2.75, 3.05) is 20.3 Å². The van der Waals surface area contributed by atoms with Gasteiger partial charge in [0, 0.05) is 12.6 Å². The van der Waals surface area contributed by atoms with Crippen LogP contribution in [0.4, 0.5) is 0 Å². The Morgan fingerprint density at radius 3 is 2.87 bits per heavy atom. The average Bonchev–Trinajstić information content (AvgIpc) is 2.70. The SMILES string of the molecule is CCCCC(C(=O)O)N(C)C1CCOC1. The maximum atomic E-state index is 11.1. The van der Waals surface area contributed by atoms with Crippen molar-refractivity contribution in [3.05, 3.63) is 0 Å². The number of rotatable bonds is 6. The molecule has 2 unspecified atom stereocenters. The van der Waals surface area contributed by atoms with Crippen LogP contribution in [0.2, 0.25) is 0 Å². The van der Waals surface area contributed by atoms with E-state index in [4.69, 9.17) is 9.84 Å². The highest BCUT2D eigenvalue weighted by Gasteiger charge is 2.29. The monoisotopic (exact) mass is 215 g/mol. The van der Waals surface area contributed by atoms with E-state index in [-0.39, 0.29) is 12.1 Å². The Hall–Kier alpha value is -0.610. The highest BCUT2D eigenvalue weighted by Crippen LogP contribution is 2.17. The number of carboxylic acids is 1. The molecule has 4 heteroatoms. The predicted molar refractivity (Wildman–Crippen MR) is 57.9 cm³/mol. The summed E-state index contributed by atoms with van der Waals surface area (Å²) >= 11 is 0. The summed E-state index contributed by atoms with van der Waals surface area (Å²) in [6.07, 6.45) is 3.69. The van der Waals surface area contributed by atoms with Gasteiger partial charge in [0.1, 0.15) is 6.04 Å². The van der Waals surface area contributed by atoms with Crippen LogP contribution < -0.4 is 0 Å². The molecule has 0 amide bonds. The molecule has 1 saturated heterocycles. The molecule has 0 spiro atoms. The number of aliphatic carboxylic acids is 1. The lowest BCUT2D eigenvalue weighted by Crippen LogP contribution is -2.45. The first-order chi connectivity index (χ1) is 7.16. The lowest BCUT2D eigenvalue weighted by Gasteiger charge is -2.29. The molecule has 1 aliphatic rings. The molecule has 0 saturated carbocycles. The van der Waals surface area contributed by atoms with Gasteiger partial charge in [-0.25, -0.2) is 0 Å². The van der Waals surface area contributed by atoms with Crippen LogP contribution in [0.1, 0.15) is 32.6 Å². The van der Waals surface area contributed by atoms with Crippen molar-refractivity contribution in [3.8, 4) is 0 Å². The van der Waals surface area contributed by atoms with Crippen LogP contribution in [0.25, 0.3) is 0 Å². The molecular formula is C11H21NO3. The molecule has 0 aliphatic carbocycles. The van der Waals surface area contributed by atoms with Gasteiger partial charge in [-0.3, -0.25) is 9.69 Å². The largest absolute Gasteiger partial charge is 0.480 e. The van der Waals surface area contributed by atoms with Crippen molar-refractivity contribution >= 4 is 5.97 Å². The van der Waals surface area contributed by atoms with Gasteiger partial charge in [-0.15, -0.1) is 0 Å². The Kier molecular flexibility index (Phi) is 5.05. The quantitative estimate of drug-likeness (QED) is 0.726. The zero-order valence-electron chi connectivity index (χ0n) is 9.61. The van der Waals surface area contributed by atoms with E-state index in [1.807, 2.05) is 11.9 Å². The van der Waals surface area contributed by atoms with Gasteiger partial charge in [0.2, 0.25) is 0 Å². The number of hydrogen-bond donors (Lipinski definition) is 1. The zero-order valence-corrected chi connectivity index (χ0v) is 9.61. The molecule has 1 rings (SSSR count). The van der Waals surface area contributed by atoms with Gasteiger partial charge in [-0.2, -0.15) is 0 Å². The number of ether oxygens (including phenoxy) is 1. The molecule has 1 fully saturated rings. The van der Waals surface area contributed by atoms with Gasteiger partial charge in [-0.05, 0) is 19.9 Å². The van der Waals surface area contributed by atoms with Crippen molar-refractivity contribution in [2.24, 2.45) is 0 Å². The molecule has 1 aliphatic heterocycles. The van der Waals surface area contributed by atoms with Crippen LogP contribution in [0.5, 0.6) is 0 Å². The Bertz CT molecular complexity index is 202. The molecule has 1 N–H and O–H groups in total. The summed E-state index contributed by atoms with van der Waals surface area (Å²) in [7, 11) is 1.90. The van der Waals surface area contributed by atoms with E-state index in [1.165, 1.54) is 0 Å². The molecule has 0 radical (unpaired) electrons. The third-order valence-corrected chi connectivity index (χ3v) is 3.09. The first-order valence-electron chi connectivity index (χ1n) is 5.69. The Morgan fingerprint density at radius 2 is 2.40 bits per heavy atom. The van der Waals surface area contributed by atoms with E-state index < -0.39 is 5.97 Å². The third-order valence-electron chi connectivity index (χ3n) is 3.09. The van der Waals surface area contributed by atoms with Crippen LogP contribution in [-0.4, -0.2) is 48.3 Å². The Balaban J connectivity index is 2.49. The molecular weight excluding hydrogens is 194 g/mol. The van der Waals surface area contributed by atoms with E-state index in [2.05, 4.69) is 6.92 Å². The second-order valence-corrected chi connectivity index (χ2v) is 4.18. The molecule has 2 atom stereocenters. The summed E-state index contributed by atoms with van der Waals surface area (Å²) in [6.45, 7) is 3.51. The lowest BCUT2D eigenvalue weighted by atomic mass is 10.1. The molecule has 0 aromatic carbocycles. The van der Waals surface area contributed by atoms with Gasteiger partial charge in [-0.1, -0.05) is 19.8 Å². The van der Waals surface area contributed by atoms with E-state index >= 15 is 0 Å². The summed E-state index contributed by atoms with van der Waals surface area (Å²) in [6, 6.07) is -0.0698. The minimum Gasteiger partial charge on any atom is -0.480 e. The smallest absolute Gasteiger partial charge is 0.320 e. The van der Waals surface area contributed by atoms with Crippen LogP contribution in [0.15, 0.2) is 0 Å². The van der Waals surface area contributed by atoms with Crippen molar-refractivity contribution in [1.29, 1.82) is 0 Å². The van der Waals surface area contributed by atoms with E-state index in [0.29, 0.717) is 6.61 Å². The van der Waals surface area contributed by atoms with Crippen LogP contribution >= 0.6 is 0 Å². The molecule has 15 heavy (non-hydrogen) atoms. The number of likely N-dealkylation sites (N-methyl/N-ethyl adjacent to an activating group) is 1. The summed E-state index contributed by atoms with van der Waals surface area (Å²) in [4.78, 5) is 13.1. The first-order valence-corrected chi connectivity index (χ1v) is 5.69. The van der Waals surface area contributed by atoms with Gasteiger partial charge < -0.3 is 9.84 Å².